The quantitative estimate of drug-likeness (QED) is 0.0749. The highest BCUT2D eigenvalue weighted by atomic mass is 16.6. The Balaban J connectivity index is 1.48. The van der Waals surface area contributed by atoms with Crippen LogP contribution < -0.4 is 5.73 Å². The molecule has 0 bridgehead atoms. The summed E-state index contributed by atoms with van der Waals surface area (Å²) in [5.74, 6) is 3.42. The topological polar surface area (TPSA) is 78.6 Å². The first-order valence-electron chi connectivity index (χ1n) is 25.9. The molecular formula is C57H103NO4. The first-order chi connectivity index (χ1) is 28.0. The first-order valence-corrected chi connectivity index (χ1v) is 25.9. The fourth-order valence-corrected chi connectivity index (χ4v) is 15.3. The number of hydrogen-bond acceptors (Lipinski definition) is 5. The minimum absolute atomic E-state index is 0.0651. The number of carbonyl (C=O) groups is 2. The van der Waals surface area contributed by atoms with E-state index in [1.165, 1.54) is 51.4 Å². The van der Waals surface area contributed by atoms with Crippen LogP contribution in [0.2, 0.25) is 0 Å². The van der Waals surface area contributed by atoms with Crippen LogP contribution >= 0.6 is 0 Å². The highest BCUT2D eigenvalue weighted by Gasteiger charge is 2.67. The van der Waals surface area contributed by atoms with Crippen molar-refractivity contribution in [3.8, 4) is 0 Å². The highest BCUT2D eigenvalue weighted by molar-refractivity contribution is 5.83. The number of allylic oxidation sites excluding steroid dienone is 1. The molecule has 4 aliphatic rings. The molecule has 0 spiro atoms. The molecule has 3 fully saturated rings. The third-order valence-electron chi connectivity index (χ3n) is 21.2. The van der Waals surface area contributed by atoms with Crippen LogP contribution in [0.1, 0.15) is 242 Å². The molecular weight excluding hydrogens is 763 g/mol. The van der Waals surface area contributed by atoms with Gasteiger partial charge in [-0.15, -0.1) is 0 Å². The maximum Gasteiger partial charge on any atom is 0.314 e. The van der Waals surface area contributed by atoms with Gasteiger partial charge in [0.2, 0.25) is 0 Å². The lowest BCUT2D eigenvalue weighted by atomic mass is 9.39. The van der Waals surface area contributed by atoms with Gasteiger partial charge in [0.05, 0.1) is 17.1 Å². The van der Waals surface area contributed by atoms with E-state index in [4.69, 9.17) is 15.2 Å². The number of esters is 1. The molecule has 12 unspecified atom stereocenters. The number of fused-ring (bicyclic) bond motifs is 5. The van der Waals surface area contributed by atoms with Crippen molar-refractivity contribution >= 4 is 11.8 Å². The molecule has 4 rings (SSSR count). The van der Waals surface area contributed by atoms with E-state index in [2.05, 4.69) is 138 Å². The van der Waals surface area contributed by atoms with Crippen molar-refractivity contribution in [3.63, 3.8) is 0 Å². The van der Waals surface area contributed by atoms with Crippen LogP contribution in [0, 0.1) is 78.8 Å². The smallest absolute Gasteiger partial charge is 0.314 e. The van der Waals surface area contributed by atoms with Crippen LogP contribution in [-0.4, -0.2) is 29.2 Å². The molecule has 62 heavy (non-hydrogen) atoms. The van der Waals surface area contributed by atoms with Crippen molar-refractivity contribution < 1.29 is 19.1 Å². The lowest BCUT2D eigenvalue weighted by Crippen LogP contribution is -2.59. The minimum atomic E-state index is -1.22. The van der Waals surface area contributed by atoms with E-state index in [1.807, 2.05) is 6.92 Å². The molecule has 0 radical (unpaired) electrons. The van der Waals surface area contributed by atoms with E-state index in [0.717, 1.165) is 49.4 Å². The number of ether oxygens (including phenoxy) is 2. The van der Waals surface area contributed by atoms with Crippen molar-refractivity contribution in [1.82, 2.24) is 0 Å². The zero-order valence-corrected chi connectivity index (χ0v) is 44.9. The Bertz CT molecular complexity index is 1620. The molecule has 5 nitrogen and oxygen atoms in total. The van der Waals surface area contributed by atoms with Gasteiger partial charge in [-0.25, -0.2) is 0 Å². The predicted octanol–water partition coefficient (Wildman–Crippen LogP) is 15.7. The van der Waals surface area contributed by atoms with Crippen LogP contribution in [0.15, 0.2) is 11.6 Å². The molecule has 0 aromatic carbocycles. The van der Waals surface area contributed by atoms with Crippen LogP contribution in [0.4, 0.5) is 0 Å². The van der Waals surface area contributed by atoms with E-state index in [-0.39, 0.29) is 40.5 Å². The Labute approximate surface area is 384 Å². The minimum Gasteiger partial charge on any atom is -0.444 e. The molecule has 3 saturated carbocycles. The number of Topliss-reactive ketones (excluding diaryl/α,β-unsaturated/α-hetero) is 1. The third kappa shape index (κ3) is 9.63. The summed E-state index contributed by atoms with van der Waals surface area (Å²) in [4.78, 5) is 28.1. The summed E-state index contributed by atoms with van der Waals surface area (Å²) in [6.45, 7) is 47.7. The number of ketones is 1. The van der Waals surface area contributed by atoms with Crippen LogP contribution in [0.5, 0.6) is 0 Å². The Morgan fingerprint density at radius 2 is 1.40 bits per heavy atom. The van der Waals surface area contributed by atoms with E-state index >= 15 is 0 Å². The number of hydrogen-bond donors (Lipinski definition) is 1. The standard InChI is InChI=1S/C57H103NO4/c1-22-48(9,10)55(19,42(8)59)36-41(7)50(13,14)56(20,35-39(4)5)47(60)62-57(21,58)37-49(11,12)61-44-28-30-53(17)43(34-44)26-27-46-52(16)33-32-51(15,40(6)25-23-24-38(2)3)45(52)29-31-54(46,53)18/h26,38-41,44-46H,22-25,27-37,58H2,1-21H3. The number of rotatable bonds is 20. The van der Waals surface area contributed by atoms with Gasteiger partial charge in [-0.1, -0.05) is 148 Å². The summed E-state index contributed by atoms with van der Waals surface area (Å²) < 4.78 is 13.6. The first kappa shape index (κ1) is 53.4. The van der Waals surface area contributed by atoms with Gasteiger partial charge in [0.1, 0.15) is 5.78 Å². The highest BCUT2D eigenvalue weighted by Crippen LogP contribution is 2.75. The summed E-state index contributed by atoms with van der Waals surface area (Å²) in [7, 11) is 0. The van der Waals surface area contributed by atoms with Crippen LogP contribution in [-0.2, 0) is 19.1 Å². The maximum atomic E-state index is 14.7. The molecule has 0 heterocycles. The van der Waals surface area contributed by atoms with Gasteiger partial charge in [-0.3, -0.25) is 15.3 Å². The molecule has 12 atom stereocenters. The number of nitrogens with two attached hydrogens (primary N) is 1. The molecule has 0 saturated heterocycles. The lowest BCUT2D eigenvalue weighted by molar-refractivity contribution is -0.192. The SMILES string of the molecule is CCC(C)(C)C(C)(CC(C)C(C)(C)C(C)(CC(C)C)C(=O)OC(C)(N)CC(C)(C)OC1CCC2(C)C(=CCC3C4(C)CCC(C)(C(C)CCCC(C)C)C4CCC32C)C1)C(C)=O. The van der Waals surface area contributed by atoms with Gasteiger partial charge < -0.3 is 9.47 Å². The predicted molar refractivity (Wildman–Crippen MR) is 263 cm³/mol. The zero-order chi connectivity index (χ0) is 47.5. The van der Waals surface area contributed by atoms with E-state index in [1.54, 1.807) is 12.5 Å². The van der Waals surface area contributed by atoms with Crippen molar-refractivity contribution in [3.05, 3.63) is 11.6 Å². The summed E-state index contributed by atoms with van der Waals surface area (Å²) in [5.41, 5.74) is 6.18. The van der Waals surface area contributed by atoms with Crippen molar-refractivity contribution in [2.75, 3.05) is 0 Å². The van der Waals surface area contributed by atoms with Gasteiger partial charge in [0, 0.05) is 11.8 Å². The van der Waals surface area contributed by atoms with Gasteiger partial charge in [0.15, 0.2) is 5.72 Å². The molecule has 360 valence electrons. The fourth-order valence-electron chi connectivity index (χ4n) is 15.3. The zero-order valence-electron chi connectivity index (χ0n) is 44.9. The molecule has 5 heteroatoms. The summed E-state index contributed by atoms with van der Waals surface area (Å²) in [6, 6.07) is 0. The molecule has 0 aromatic rings. The van der Waals surface area contributed by atoms with Gasteiger partial charge in [-0.05, 0) is 167 Å². The Morgan fingerprint density at radius 1 is 0.790 bits per heavy atom. The normalized spacial score (nSPS) is 34.5. The molecule has 0 aliphatic heterocycles. The second kappa shape index (κ2) is 18.1. The summed E-state index contributed by atoms with van der Waals surface area (Å²) in [6.07, 6.45) is 19.4. The van der Waals surface area contributed by atoms with Crippen molar-refractivity contribution in [2.45, 2.75) is 259 Å². The second-order valence-electron chi connectivity index (χ2n) is 27.1. The number of carbonyl (C=O) groups excluding carboxylic acids is 2. The Kier molecular flexibility index (Phi) is 15.6. The van der Waals surface area contributed by atoms with Crippen LogP contribution in [0.3, 0.4) is 0 Å². The fraction of sp³-hybridized carbons (Fsp3) is 0.930. The maximum absolute atomic E-state index is 14.7. The summed E-state index contributed by atoms with van der Waals surface area (Å²) >= 11 is 0. The lowest BCUT2D eigenvalue weighted by Gasteiger charge is -2.66. The Hall–Kier alpha value is -1.20. The Morgan fingerprint density at radius 3 is 1.95 bits per heavy atom. The molecule has 2 N–H and O–H groups in total. The average Bonchev–Trinajstić information content (AvgIpc) is 3.41. The van der Waals surface area contributed by atoms with Gasteiger partial charge in [-0.2, -0.15) is 0 Å². The van der Waals surface area contributed by atoms with E-state index in [0.29, 0.717) is 35.5 Å². The van der Waals surface area contributed by atoms with Crippen molar-refractivity contribution in [2.24, 2.45) is 84.6 Å². The molecule has 4 aliphatic carbocycles. The van der Waals surface area contributed by atoms with E-state index in [9.17, 15) is 9.59 Å². The van der Waals surface area contributed by atoms with Gasteiger partial charge >= 0.3 is 5.97 Å². The van der Waals surface area contributed by atoms with E-state index < -0.39 is 27.6 Å². The average molecular weight is 866 g/mol. The van der Waals surface area contributed by atoms with Gasteiger partial charge in [0.25, 0.3) is 0 Å². The van der Waals surface area contributed by atoms with Crippen molar-refractivity contribution in [1.29, 1.82) is 0 Å². The molecule has 0 aromatic heterocycles. The summed E-state index contributed by atoms with van der Waals surface area (Å²) in [5, 5.41) is 0. The second-order valence-corrected chi connectivity index (χ2v) is 27.1. The monoisotopic (exact) mass is 866 g/mol. The third-order valence-corrected chi connectivity index (χ3v) is 21.2. The molecule has 0 amide bonds. The van der Waals surface area contributed by atoms with Crippen LogP contribution in [0.25, 0.3) is 0 Å². The largest absolute Gasteiger partial charge is 0.444 e.